The second kappa shape index (κ2) is 5.56. The van der Waals surface area contributed by atoms with Gasteiger partial charge in [-0.2, -0.15) is 5.26 Å². The van der Waals surface area contributed by atoms with Crippen LogP contribution in [0.3, 0.4) is 0 Å². The molecule has 1 aromatic rings. The molecule has 2 N–H and O–H groups in total. The number of carboxylic acid groups (broad SMARTS) is 1. The molecule has 4 heteroatoms. The zero-order chi connectivity index (χ0) is 12.0. The van der Waals surface area contributed by atoms with Crippen LogP contribution in [0.5, 0.6) is 0 Å². The first-order valence-electron chi connectivity index (χ1n) is 4.77. The average molecular weight is 216 g/mol. The summed E-state index contributed by atoms with van der Waals surface area (Å²) in [6.45, 7) is 1.96. The number of carbonyl (C=O) groups is 1. The van der Waals surface area contributed by atoms with E-state index in [-0.39, 0.29) is 0 Å². The molecule has 0 aromatic heterocycles. The number of hydrogen-bond donors (Lipinski definition) is 2. The van der Waals surface area contributed by atoms with Crippen LogP contribution in [0.25, 0.3) is 0 Å². The van der Waals surface area contributed by atoms with Crippen LogP contribution in [0.4, 0.5) is 5.69 Å². The number of nitriles is 1. The lowest BCUT2D eigenvalue weighted by Crippen LogP contribution is -2.03. The van der Waals surface area contributed by atoms with Crippen molar-refractivity contribution in [3.05, 3.63) is 41.5 Å². The van der Waals surface area contributed by atoms with Crippen molar-refractivity contribution >= 4 is 11.7 Å². The number of nitrogens with zero attached hydrogens (tertiary/aromatic N) is 1. The highest BCUT2D eigenvalue weighted by molar-refractivity contribution is 5.85. The van der Waals surface area contributed by atoms with E-state index in [2.05, 4.69) is 5.32 Å². The Balaban J connectivity index is 2.59. The van der Waals surface area contributed by atoms with E-state index in [0.29, 0.717) is 17.7 Å². The van der Waals surface area contributed by atoms with Crippen LogP contribution < -0.4 is 5.32 Å². The van der Waals surface area contributed by atoms with Crippen molar-refractivity contribution < 1.29 is 9.90 Å². The van der Waals surface area contributed by atoms with Crippen LogP contribution in [0.15, 0.2) is 35.9 Å². The zero-order valence-electron chi connectivity index (χ0n) is 8.90. The molecule has 0 saturated carbocycles. The highest BCUT2D eigenvalue weighted by Gasteiger charge is 1.98. The minimum Gasteiger partial charge on any atom is -0.478 e. The van der Waals surface area contributed by atoms with Crippen molar-refractivity contribution in [2.45, 2.75) is 6.92 Å². The van der Waals surface area contributed by atoms with E-state index in [9.17, 15) is 4.79 Å². The Bertz CT molecular complexity index is 458. The molecule has 0 fully saturated rings. The Hall–Kier alpha value is -2.28. The topological polar surface area (TPSA) is 73.1 Å². The molecular weight excluding hydrogens is 204 g/mol. The summed E-state index contributed by atoms with van der Waals surface area (Å²) in [4.78, 5) is 10.5. The standard InChI is InChI=1S/C12H12N2O2/c1-9(12(15)16)5-6-14-11-4-2-3-10(7-11)8-13/h2-5,7,14H,6H2,1H3,(H,15,16)/b9-5-. The van der Waals surface area contributed by atoms with Crippen LogP contribution in [-0.4, -0.2) is 17.6 Å². The third-order valence-corrected chi connectivity index (χ3v) is 2.04. The normalized spacial score (nSPS) is 10.6. The first-order chi connectivity index (χ1) is 7.63. The van der Waals surface area contributed by atoms with Crippen LogP contribution in [0.1, 0.15) is 12.5 Å². The number of rotatable bonds is 4. The maximum Gasteiger partial charge on any atom is 0.331 e. The minimum atomic E-state index is -0.924. The first-order valence-corrected chi connectivity index (χ1v) is 4.77. The molecule has 1 rings (SSSR count). The van der Waals surface area contributed by atoms with Gasteiger partial charge in [0, 0.05) is 17.8 Å². The van der Waals surface area contributed by atoms with E-state index in [1.807, 2.05) is 12.1 Å². The second-order valence-corrected chi connectivity index (χ2v) is 3.27. The van der Waals surface area contributed by atoms with Gasteiger partial charge in [-0.1, -0.05) is 12.1 Å². The number of nitrogens with one attached hydrogen (secondary N) is 1. The summed E-state index contributed by atoms with van der Waals surface area (Å²) in [5.41, 5.74) is 1.67. The minimum absolute atomic E-state index is 0.295. The van der Waals surface area contributed by atoms with Crippen LogP contribution in [-0.2, 0) is 4.79 Å². The lowest BCUT2D eigenvalue weighted by atomic mass is 10.2. The maximum atomic E-state index is 10.5. The van der Waals surface area contributed by atoms with E-state index in [0.717, 1.165) is 5.69 Å². The molecule has 0 aliphatic heterocycles. The summed E-state index contributed by atoms with van der Waals surface area (Å²) in [5, 5.41) is 20.3. The summed E-state index contributed by atoms with van der Waals surface area (Å²) in [6.07, 6.45) is 1.58. The van der Waals surface area contributed by atoms with Crippen molar-refractivity contribution in [3.8, 4) is 6.07 Å². The van der Waals surface area contributed by atoms with Crippen molar-refractivity contribution in [3.63, 3.8) is 0 Å². The van der Waals surface area contributed by atoms with Gasteiger partial charge in [-0.05, 0) is 25.1 Å². The van der Waals surface area contributed by atoms with Gasteiger partial charge in [0.15, 0.2) is 0 Å². The highest BCUT2D eigenvalue weighted by atomic mass is 16.4. The van der Waals surface area contributed by atoms with Gasteiger partial charge >= 0.3 is 5.97 Å². The molecule has 16 heavy (non-hydrogen) atoms. The zero-order valence-corrected chi connectivity index (χ0v) is 8.90. The molecule has 0 spiro atoms. The average Bonchev–Trinajstić information content (AvgIpc) is 2.29. The van der Waals surface area contributed by atoms with Gasteiger partial charge in [0.2, 0.25) is 0 Å². The molecule has 1 aromatic carbocycles. The molecule has 0 aliphatic rings. The van der Waals surface area contributed by atoms with Gasteiger partial charge in [0.25, 0.3) is 0 Å². The number of hydrogen-bond acceptors (Lipinski definition) is 3. The molecule has 0 bridgehead atoms. The third-order valence-electron chi connectivity index (χ3n) is 2.04. The van der Waals surface area contributed by atoms with Gasteiger partial charge in [-0.25, -0.2) is 4.79 Å². The largest absolute Gasteiger partial charge is 0.478 e. The Morgan fingerprint density at radius 3 is 3.00 bits per heavy atom. The fraction of sp³-hybridized carbons (Fsp3) is 0.167. The van der Waals surface area contributed by atoms with E-state index < -0.39 is 5.97 Å². The summed E-state index contributed by atoms with van der Waals surface area (Å²) in [6, 6.07) is 9.06. The summed E-state index contributed by atoms with van der Waals surface area (Å²) in [5.74, 6) is -0.924. The Kier molecular flexibility index (Phi) is 4.10. The van der Waals surface area contributed by atoms with Crippen molar-refractivity contribution in [2.75, 3.05) is 11.9 Å². The summed E-state index contributed by atoms with van der Waals surface area (Å²) < 4.78 is 0. The molecule has 4 nitrogen and oxygen atoms in total. The number of anilines is 1. The Morgan fingerprint density at radius 2 is 2.38 bits per heavy atom. The molecular formula is C12H12N2O2. The monoisotopic (exact) mass is 216 g/mol. The van der Waals surface area contributed by atoms with E-state index in [1.54, 1.807) is 24.3 Å². The predicted molar refractivity (Wildman–Crippen MR) is 61.0 cm³/mol. The van der Waals surface area contributed by atoms with Crippen molar-refractivity contribution in [2.24, 2.45) is 0 Å². The number of carboxylic acids is 1. The highest BCUT2D eigenvalue weighted by Crippen LogP contribution is 2.09. The summed E-state index contributed by atoms with van der Waals surface area (Å²) in [7, 11) is 0. The SMILES string of the molecule is C/C(=C/CNc1cccc(C#N)c1)C(=O)O. The first kappa shape index (κ1) is 11.8. The van der Waals surface area contributed by atoms with Gasteiger partial charge in [-0.15, -0.1) is 0 Å². The van der Waals surface area contributed by atoms with Gasteiger partial charge in [0.1, 0.15) is 0 Å². The van der Waals surface area contributed by atoms with E-state index in [1.165, 1.54) is 6.92 Å². The maximum absolute atomic E-state index is 10.5. The van der Waals surface area contributed by atoms with E-state index in [4.69, 9.17) is 10.4 Å². The van der Waals surface area contributed by atoms with Crippen LogP contribution >= 0.6 is 0 Å². The lowest BCUT2D eigenvalue weighted by molar-refractivity contribution is -0.132. The molecule has 82 valence electrons. The number of benzene rings is 1. The second-order valence-electron chi connectivity index (χ2n) is 3.27. The number of aliphatic carboxylic acids is 1. The third kappa shape index (κ3) is 3.46. The van der Waals surface area contributed by atoms with E-state index >= 15 is 0 Å². The van der Waals surface area contributed by atoms with Gasteiger partial charge in [-0.3, -0.25) is 0 Å². The fourth-order valence-electron chi connectivity index (χ4n) is 1.11. The smallest absolute Gasteiger partial charge is 0.331 e. The molecule has 0 radical (unpaired) electrons. The lowest BCUT2D eigenvalue weighted by Gasteiger charge is -2.03. The van der Waals surface area contributed by atoms with Crippen LogP contribution in [0.2, 0.25) is 0 Å². The van der Waals surface area contributed by atoms with Crippen molar-refractivity contribution in [1.29, 1.82) is 5.26 Å². The predicted octanol–water partition coefficient (Wildman–Crippen LogP) is 2.00. The summed E-state index contributed by atoms with van der Waals surface area (Å²) >= 11 is 0. The fourth-order valence-corrected chi connectivity index (χ4v) is 1.11. The Morgan fingerprint density at radius 1 is 1.62 bits per heavy atom. The van der Waals surface area contributed by atoms with Gasteiger partial charge < -0.3 is 10.4 Å². The molecule has 0 aliphatic carbocycles. The van der Waals surface area contributed by atoms with Crippen LogP contribution in [0, 0.1) is 11.3 Å². The Labute approximate surface area is 93.8 Å². The molecule has 0 amide bonds. The molecule has 0 heterocycles. The molecule has 0 unspecified atom stereocenters. The molecule has 0 atom stereocenters. The molecule has 0 saturated heterocycles. The van der Waals surface area contributed by atoms with Gasteiger partial charge in [0.05, 0.1) is 11.6 Å². The quantitative estimate of drug-likeness (QED) is 0.755. The van der Waals surface area contributed by atoms with Crippen molar-refractivity contribution in [1.82, 2.24) is 0 Å².